The minimum Gasteiger partial charge on any atom is -0.307 e. The van der Waals surface area contributed by atoms with Gasteiger partial charge < -0.3 is 4.57 Å². The van der Waals surface area contributed by atoms with Gasteiger partial charge in [-0.3, -0.25) is 4.57 Å². The van der Waals surface area contributed by atoms with Gasteiger partial charge in [-0.2, -0.15) is 9.97 Å². The normalized spacial score (nSPS) is 11.6. The van der Waals surface area contributed by atoms with Crippen molar-refractivity contribution in [1.29, 1.82) is 0 Å². The van der Waals surface area contributed by atoms with Crippen LogP contribution in [0.25, 0.3) is 100 Å². The van der Waals surface area contributed by atoms with Gasteiger partial charge >= 0.3 is 0 Å². The molecule has 0 radical (unpaired) electrons. The minimum atomic E-state index is 0.561. The van der Waals surface area contributed by atoms with Crippen molar-refractivity contribution < 1.29 is 0 Å². The van der Waals surface area contributed by atoms with Crippen molar-refractivity contribution in [2.45, 2.75) is 0 Å². The second kappa shape index (κ2) is 13.0. The second-order valence-electron chi connectivity index (χ2n) is 14.0. The molecule has 11 aromatic rings. The number of aromatic nitrogens is 5. The van der Waals surface area contributed by atoms with Gasteiger partial charge in [0.1, 0.15) is 0 Å². The van der Waals surface area contributed by atoms with Crippen molar-refractivity contribution in [3.63, 3.8) is 0 Å². The van der Waals surface area contributed by atoms with E-state index in [1.165, 1.54) is 27.5 Å². The first kappa shape index (κ1) is 31.9. The second-order valence-corrected chi connectivity index (χ2v) is 14.0. The first-order valence-corrected chi connectivity index (χ1v) is 18.9. The molecule has 0 spiro atoms. The highest BCUT2D eigenvalue weighted by Gasteiger charge is 2.26. The lowest BCUT2D eigenvalue weighted by Gasteiger charge is -2.14. The van der Waals surface area contributed by atoms with E-state index in [9.17, 15) is 0 Å². The number of benzene rings is 8. The summed E-state index contributed by atoms with van der Waals surface area (Å²) in [6.45, 7) is 0. The highest BCUT2D eigenvalue weighted by atomic mass is 15.2. The molecule has 11 rings (SSSR count). The molecular weight excluding hydrogens is 683 g/mol. The molecule has 0 aliphatic heterocycles. The third kappa shape index (κ3) is 5.13. The topological polar surface area (TPSA) is 48.5 Å². The molecule has 0 bridgehead atoms. The molecule has 0 N–H and O–H groups in total. The van der Waals surface area contributed by atoms with Crippen LogP contribution in [0, 0.1) is 0 Å². The molecule has 0 fully saturated rings. The molecule has 0 atom stereocenters. The van der Waals surface area contributed by atoms with Crippen LogP contribution in [0.3, 0.4) is 0 Å². The summed E-state index contributed by atoms with van der Waals surface area (Å²) in [5, 5.41) is 4.62. The fourth-order valence-corrected chi connectivity index (χ4v) is 8.25. The SMILES string of the molecule is c1ccc(-c2ccc(-c3nc(-c4ccccc4)nc(-n4c5ccccc5c5cc(-c6ccccc6)c6c7ccccc7n(-c7ccccc7)c6c54)n3)cc2)cc1. The molecule has 5 nitrogen and oxygen atoms in total. The van der Waals surface area contributed by atoms with E-state index in [1.54, 1.807) is 0 Å². The molecule has 0 saturated heterocycles. The fraction of sp³-hybridized carbons (Fsp3) is 0. The summed E-state index contributed by atoms with van der Waals surface area (Å²) in [5.41, 5.74) is 11.9. The highest BCUT2D eigenvalue weighted by Crippen LogP contribution is 2.46. The molecule has 0 aliphatic carbocycles. The third-order valence-corrected chi connectivity index (χ3v) is 10.8. The van der Waals surface area contributed by atoms with E-state index in [1.807, 2.05) is 24.3 Å². The summed E-state index contributed by atoms with van der Waals surface area (Å²) in [4.78, 5) is 15.8. The number of rotatable bonds is 6. The van der Waals surface area contributed by atoms with Gasteiger partial charge in [0, 0.05) is 38.4 Å². The quantitative estimate of drug-likeness (QED) is 0.172. The maximum atomic E-state index is 5.35. The predicted octanol–water partition coefficient (Wildman–Crippen LogP) is 12.7. The van der Waals surface area contributed by atoms with Crippen molar-refractivity contribution >= 4 is 43.6 Å². The van der Waals surface area contributed by atoms with Gasteiger partial charge in [-0.25, -0.2) is 4.98 Å². The smallest absolute Gasteiger partial charge is 0.238 e. The molecule has 262 valence electrons. The average molecular weight is 716 g/mol. The van der Waals surface area contributed by atoms with Crippen molar-refractivity contribution in [2.75, 3.05) is 0 Å². The monoisotopic (exact) mass is 715 g/mol. The molecule has 0 aliphatic rings. The Bertz CT molecular complexity index is 3200. The summed E-state index contributed by atoms with van der Waals surface area (Å²) in [5.74, 6) is 1.79. The van der Waals surface area contributed by atoms with Gasteiger partial charge in [-0.1, -0.05) is 170 Å². The largest absolute Gasteiger partial charge is 0.307 e. The molecule has 56 heavy (non-hydrogen) atoms. The van der Waals surface area contributed by atoms with E-state index < -0.39 is 0 Å². The van der Waals surface area contributed by atoms with Crippen LogP contribution in [0.5, 0.6) is 0 Å². The fourth-order valence-electron chi connectivity index (χ4n) is 8.25. The Balaban J connectivity index is 1.28. The number of nitrogens with zero attached hydrogens (tertiary/aromatic N) is 5. The summed E-state index contributed by atoms with van der Waals surface area (Å²) < 4.78 is 4.67. The Morgan fingerprint density at radius 2 is 0.786 bits per heavy atom. The summed E-state index contributed by atoms with van der Waals surface area (Å²) in [6.07, 6.45) is 0. The zero-order valence-electron chi connectivity index (χ0n) is 30.3. The predicted molar refractivity (Wildman–Crippen MR) is 230 cm³/mol. The molecular formula is C51H33N5. The van der Waals surface area contributed by atoms with Gasteiger partial charge in [0.25, 0.3) is 0 Å². The Hall–Kier alpha value is -7.63. The maximum Gasteiger partial charge on any atom is 0.238 e. The van der Waals surface area contributed by atoms with E-state index in [0.717, 1.165) is 55.2 Å². The Morgan fingerprint density at radius 3 is 1.43 bits per heavy atom. The number of hydrogen-bond acceptors (Lipinski definition) is 3. The van der Waals surface area contributed by atoms with Crippen LogP contribution < -0.4 is 0 Å². The Labute approximate surface area is 323 Å². The Morgan fingerprint density at radius 1 is 0.321 bits per heavy atom. The Kier molecular flexibility index (Phi) is 7.42. The third-order valence-electron chi connectivity index (χ3n) is 10.8. The van der Waals surface area contributed by atoms with E-state index in [-0.39, 0.29) is 0 Å². The van der Waals surface area contributed by atoms with Crippen molar-refractivity contribution in [3.05, 3.63) is 200 Å². The van der Waals surface area contributed by atoms with Crippen molar-refractivity contribution in [3.8, 4) is 56.7 Å². The zero-order valence-corrected chi connectivity index (χ0v) is 30.3. The van der Waals surface area contributed by atoms with Crippen LogP contribution in [-0.4, -0.2) is 24.1 Å². The molecule has 3 aromatic heterocycles. The van der Waals surface area contributed by atoms with Crippen LogP contribution >= 0.6 is 0 Å². The van der Waals surface area contributed by atoms with Gasteiger partial charge in [0.15, 0.2) is 11.6 Å². The van der Waals surface area contributed by atoms with Crippen LogP contribution in [0.1, 0.15) is 0 Å². The maximum absolute atomic E-state index is 5.35. The lowest BCUT2D eigenvalue weighted by atomic mass is 9.96. The van der Waals surface area contributed by atoms with E-state index in [4.69, 9.17) is 15.0 Å². The highest BCUT2D eigenvalue weighted by molar-refractivity contribution is 6.28. The lowest BCUT2D eigenvalue weighted by molar-refractivity contribution is 0.953. The summed E-state index contributed by atoms with van der Waals surface area (Å²) >= 11 is 0. The van der Waals surface area contributed by atoms with Crippen molar-refractivity contribution in [2.24, 2.45) is 0 Å². The number of hydrogen-bond donors (Lipinski definition) is 0. The van der Waals surface area contributed by atoms with Crippen LogP contribution in [-0.2, 0) is 0 Å². The standard InChI is InChI=1S/C51H33N5/c1-5-17-34(18-6-1)35-29-31-38(32-30-35)50-52-49(37-21-9-3-10-22-37)53-51(54-50)56-44-27-15-13-25-40(44)43-33-42(36-19-7-2-8-20-36)46-41-26-14-16-28-45(41)55(48(46)47(43)56)39-23-11-4-12-24-39/h1-33H. The summed E-state index contributed by atoms with van der Waals surface area (Å²) in [6, 6.07) is 70.3. The zero-order chi connectivity index (χ0) is 37.0. The van der Waals surface area contributed by atoms with E-state index in [0.29, 0.717) is 17.6 Å². The summed E-state index contributed by atoms with van der Waals surface area (Å²) in [7, 11) is 0. The molecule has 3 heterocycles. The van der Waals surface area contributed by atoms with Crippen LogP contribution in [0.15, 0.2) is 200 Å². The van der Waals surface area contributed by atoms with Crippen LogP contribution in [0.4, 0.5) is 0 Å². The van der Waals surface area contributed by atoms with Gasteiger partial charge in [0.2, 0.25) is 5.95 Å². The molecule has 5 heteroatoms. The average Bonchev–Trinajstić information content (AvgIpc) is 3.81. The van der Waals surface area contributed by atoms with Crippen LogP contribution in [0.2, 0.25) is 0 Å². The molecule has 8 aromatic carbocycles. The van der Waals surface area contributed by atoms with Gasteiger partial charge in [-0.15, -0.1) is 0 Å². The number of fused-ring (bicyclic) bond motifs is 7. The lowest BCUT2D eigenvalue weighted by Crippen LogP contribution is -2.07. The van der Waals surface area contributed by atoms with Gasteiger partial charge in [-0.05, 0) is 52.6 Å². The first-order chi connectivity index (χ1) is 27.8. The molecule has 0 amide bonds. The van der Waals surface area contributed by atoms with E-state index >= 15 is 0 Å². The minimum absolute atomic E-state index is 0.561. The van der Waals surface area contributed by atoms with E-state index in [2.05, 4.69) is 185 Å². The molecule has 0 saturated carbocycles. The molecule has 0 unspecified atom stereocenters. The number of para-hydroxylation sites is 3. The van der Waals surface area contributed by atoms with Gasteiger partial charge in [0.05, 0.1) is 22.1 Å². The first-order valence-electron chi connectivity index (χ1n) is 18.9. The van der Waals surface area contributed by atoms with Crippen molar-refractivity contribution in [1.82, 2.24) is 24.1 Å².